The van der Waals surface area contributed by atoms with Crippen molar-refractivity contribution in [3.8, 4) is 0 Å². The number of nitrogens with one attached hydrogen (secondary N) is 1. The third-order valence-corrected chi connectivity index (χ3v) is 5.57. The molecule has 1 N–H and O–H groups in total. The van der Waals surface area contributed by atoms with E-state index in [4.69, 9.17) is 0 Å². The van der Waals surface area contributed by atoms with Gasteiger partial charge >= 0.3 is 0 Å². The highest BCUT2D eigenvalue weighted by Gasteiger charge is 2.42. The molecule has 3 rings (SSSR count). The quantitative estimate of drug-likeness (QED) is 0.828. The topological polar surface area (TPSA) is 15.3 Å². The molecule has 0 radical (unpaired) electrons. The molecule has 3 aliphatic rings. The third kappa shape index (κ3) is 2.60. The van der Waals surface area contributed by atoms with E-state index >= 15 is 0 Å². The highest BCUT2D eigenvalue weighted by Crippen LogP contribution is 2.42. The van der Waals surface area contributed by atoms with Crippen molar-refractivity contribution in [2.75, 3.05) is 13.1 Å². The summed E-state index contributed by atoms with van der Waals surface area (Å²) in [7, 11) is 0. The van der Waals surface area contributed by atoms with Crippen molar-refractivity contribution in [1.82, 2.24) is 10.2 Å². The molecule has 2 heteroatoms. The summed E-state index contributed by atoms with van der Waals surface area (Å²) in [6.07, 6.45) is 8.52. The lowest BCUT2D eigenvalue weighted by atomic mass is 9.91. The van der Waals surface area contributed by atoms with E-state index in [2.05, 4.69) is 31.0 Å². The smallest absolute Gasteiger partial charge is 0.0224 e. The number of hydrogen-bond acceptors (Lipinski definition) is 2. The van der Waals surface area contributed by atoms with Crippen LogP contribution in [0.4, 0.5) is 0 Å². The Kier molecular flexibility index (Phi) is 3.44. The summed E-state index contributed by atoms with van der Waals surface area (Å²) < 4.78 is 0. The molecular formula is C16H30N2. The van der Waals surface area contributed by atoms with Crippen LogP contribution in [0.3, 0.4) is 0 Å². The van der Waals surface area contributed by atoms with E-state index in [0.29, 0.717) is 5.41 Å². The molecule has 2 aliphatic carbocycles. The maximum Gasteiger partial charge on any atom is 0.0224 e. The Morgan fingerprint density at radius 2 is 2.00 bits per heavy atom. The van der Waals surface area contributed by atoms with Gasteiger partial charge in [0.05, 0.1) is 0 Å². The van der Waals surface area contributed by atoms with Crippen LogP contribution in [-0.4, -0.2) is 36.1 Å². The summed E-state index contributed by atoms with van der Waals surface area (Å²) in [6.45, 7) is 9.82. The molecule has 3 atom stereocenters. The van der Waals surface area contributed by atoms with Crippen LogP contribution in [0.25, 0.3) is 0 Å². The summed E-state index contributed by atoms with van der Waals surface area (Å²) in [4.78, 5) is 2.88. The molecule has 104 valence electrons. The molecule has 0 aromatic heterocycles. The molecule has 0 bridgehead atoms. The van der Waals surface area contributed by atoms with Crippen LogP contribution in [0.1, 0.15) is 59.3 Å². The van der Waals surface area contributed by atoms with Gasteiger partial charge < -0.3 is 5.32 Å². The van der Waals surface area contributed by atoms with Crippen molar-refractivity contribution in [3.05, 3.63) is 0 Å². The Balaban J connectivity index is 1.66. The zero-order valence-corrected chi connectivity index (χ0v) is 12.4. The predicted octanol–water partition coefficient (Wildman–Crippen LogP) is 3.03. The Labute approximate surface area is 113 Å². The molecule has 0 spiro atoms. The average Bonchev–Trinajstić information content (AvgIpc) is 3.13. The van der Waals surface area contributed by atoms with Gasteiger partial charge in [-0.05, 0) is 49.9 Å². The monoisotopic (exact) mass is 250 g/mol. The van der Waals surface area contributed by atoms with Crippen LogP contribution >= 0.6 is 0 Å². The first-order chi connectivity index (χ1) is 8.59. The lowest BCUT2D eigenvalue weighted by Crippen LogP contribution is -2.59. The number of piperazine rings is 1. The van der Waals surface area contributed by atoms with Crippen LogP contribution in [-0.2, 0) is 0 Å². The Hall–Kier alpha value is -0.0800. The lowest BCUT2D eigenvalue weighted by Gasteiger charge is -2.44. The van der Waals surface area contributed by atoms with E-state index in [0.717, 1.165) is 24.0 Å². The van der Waals surface area contributed by atoms with E-state index in [1.165, 1.54) is 51.6 Å². The minimum atomic E-state index is 0.586. The first-order valence-electron chi connectivity index (χ1n) is 8.08. The first kappa shape index (κ1) is 12.9. The summed E-state index contributed by atoms with van der Waals surface area (Å²) in [5, 5.41) is 3.81. The zero-order chi connectivity index (χ0) is 12.8. The normalized spacial score (nSPS) is 41.2. The SMILES string of the molecule is CCC1CNC(C2CC2)CN1C1CCC(C)(C)C1. The Bertz CT molecular complexity index is 295. The maximum atomic E-state index is 3.81. The largest absolute Gasteiger partial charge is 0.311 e. The summed E-state index contributed by atoms with van der Waals surface area (Å²) in [5.41, 5.74) is 0.586. The molecule has 2 nitrogen and oxygen atoms in total. The molecular weight excluding hydrogens is 220 g/mol. The highest BCUT2D eigenvalue weighted by atomic mass is 15.3. The second kappa shape index (κ2) is 4.79. The Morgan fingerprint density at radius 3 is 2.56 bits per heavy atom. The third-order valence-electron chi connectivity index (χ3n) is 5.57. The van der Waals surface area contributed by atoms with Crippen molar-refractivity contribution in [2.45, 2.75) is 77.4 Å². The first-order valence-corrected chi connectivity index (χ1v) is 8.08. The van der Waals surface area contributed by atoms with E-state index < -0.39 is 0 Å². The fourth-order valence-electron chi connectivity index (χ4n) is 4.17. The van der Waals surface area contributed by atoms with E-state index in [1.54, 1.807) is 0 Å². The standard InChI is InChI=1S/C16H30N2/c1-4-13-10-17-15(12-5-6-12)11-18(13)14-7-8-16(2,3)9-14/h12-15,17H,4-11H2,1-3H3. The molecule has 18 heavy (non-hydrogen) atoms. The molecule has 1 aliphatic heterocycles. The number of nitrogens with zero attached hydrogens (tertiary/aromatic N) is 1. The van der Waals surface area contributed by atoms with Gasteiger partial charge in [-0.25, -0.2) is 0 Å². The number of rotatable bonds is 3. The summed E-state index contributed by atoms with van der Waals surface area (Å²) >= 11 is 0. The van der Waals surface area contributed by atoms with Crippen LogP contribution in [0.2, 0.25) is 0 Å². The van der Waals surface area contributed by atoms with E-state index in [9.17, 15) is 0 Å². The fraction of sp³-hybridized carbons (Fsp3) is 1.00. The predicted molar refractivity (Wildman–Crippen MR) is 76.7 cm³/mol. The Morgan fingerprint density at radius 1 is 1.22 bits per heavy atom. The highest BCUT2D eigenvalue weighted by molar-refractivity contribution is 4.98. The van der Waals surface area contributed by atoms with Gasteiger partial charge in [0.2, 0.25) is 0 Å². The average molecular weight is 250 g/mol. The molecule has 3 unspecified atom stereocenters. The van der Waals surface area contributed by atoms with Crippen molar-refractivity contribution in [3.63, 3.8) is 0 Å². The van der Waals surface area contributed by atoms with Gasteiger partial charge in [0.25, 0.3) is 0 Å². The van der Waals surface area contributed by atoms with Gasteiger partial charge in [0, 0.05) is 31.2 Å². The molecule has 1 heterocycles. The maximum absolute atomic E-state index is 3.81. The second-order valence-electron chi connectivity index (χ2n) is 7.67. The van der Waals surface area contributed by atoms with Crippen LogP contribution < -0.4 is 5.32 Å². The summed E-state index contributed by atoms with van der Waals surface area (Å²) in [6, 6.07) is 2.46. The van der Waals surface area contributed by atoms with Crippen molar-refractivity contribution in [2.24, 2.45) is 11.3 Å². The van der Waals surface area contributed by atoms with Crippen molar-refractivity contribution < 1.29 is 0 Å². The fourth-order valence-corrected chi connectivity index (χ4v) is 4.17. The van der Waals surface area contributed by atoms with Gasteiger partial charge in [-0.3, -0.25) is 4.90 Å². The zero-order valence-electron chi connectivity index (χ0n) is 12.4. The lowest BCUT2D eigenvalue weighted by molar-refractivity contribution is 0.0708. The molecule has 3 fully saturated rings. The van der Waals surface area contributed by atoms with Crippen LogP contribution in [0.5, 0.6) is 0 Å². The molecule has 0 aromatic rings. The minimum Gasteiger partial charge on any atom is -0.311 e. The van der Waals surface area contributed by atoms with Gasteiger partial charge in [0.15, 0.2) is 0 Å². The molecule has 2 saturated carbocycles. The van der Waals surface area contributed by atoms with Crippen LogP contribution in [0.15, 0.2) is 0 Å². The minimum absolute atomic E-state index is 0.586. The molecule has 0 aromatic carbocycles. The number of hydrogen-bond donors (Lipinski definition) is 1. The van der Waals surface area contributed by atoms with Crippen LogP contribution in [0, 0.1) is 11.3 Å². The second-order valence-corrected chi connectivity index (χ2v) is 7.67. The molecule has 0 amide bonds. The van der Waals surface area contributed by atoms with E-state index in [-0.39, 0.29) is 0 Å². The van der Waals surface area contributed by atoms with Gasteiger partial charge in [-0.1, -0.05) is 20.8 Å². The van der Waals surface area contributed by atoms with Crippen molar-refractivity contribution in [1.29, 1.82) is 0 Å². The van der Waals surface area contributed by atoms with E-state index in [1.807, 2.05) is 0 Å². The van der Waals surface area contributed by atoms with Gasteiger partial charge in [-0.2, -0.15) is 0 Å². The molecule has 1 saturated heterocycles. The van der Waals surface area contributed by atoms with Crippen molar-refractivity contribution >= 4 is 0 Å². The summed E-state index contributed by atoms with van der Waals surface area (Å²) in [5.74, 6) is 1.000. The van der Waals surface area contributed by atoms with Gasteiger partial charge in [0.1, 0.15) is 0 Å². The van der Waals surface area contributed by atoms with Gasteiger partial charge in [-0.15, -0.1) is 0 Å².